The smallest absolute Gasteiger partial charge is 0.128 e. The number of nitrogens with zero attached hydrogens (tertiary/aromatic N) is 1. The fourth-order valence-corrected chi connectivity index (χ4v) is 3.71. The third-order valence-corrected chi connectivity index (χ3v) is 5.20. The topological polar surface area (TPSA) is 32.7 Å². The molecule has 3 aromatic carbocycles. The van der Waals surface area contributed by atoms with Crippen LogP contribution in [0.2, 0.25) is 0 Å². The number of halogens is 1. The van der Waals surface area contributed by atoms with Gasteiger partial charge in [0.25, 0.3) is 0 Å². The standard InChI is InChI=1S/C24H25NO2.ClH/c26-18-22-9-5-15-25(22)17-19-11-13-23(14-12-19)27-24-10-4-8-21(16-24)20-6-2-1-3-7-20;/h1-4,6-8,10-14,16,22,26H,5,9,15,17-18H2;1H/t22-;/m1./s1. The van der Waals surface area contributed by atoms with Crippen LogP contribution in [0.25, 0.3) is 11.1 Å². The number of benzene rings is 3. The molecule has 0 unspecified atom stereocenters. The Bertz CT molecular complexity index is 867. The van der Waals surface area contributed by atoms with Crippen molar-refractivity contribution in [2.24, 2.45) is 0 Å². The van der Waals surface area contributed by atoms with E-state index >= 15 is 0 Å². The first kappa shape index (κ1) is 20.4. The van der Waals surface area contributed by atoms with E-state index in [9.17, 15) is 5.11 Å². The van der Waals surface area contributed by atoms with E-state index in [-0.39, 0.29) is 19.0 Å². The van der Waals surface area contributed by atoms with E-state index < -0.39 is 0 Å². The lowest BCUT2D eigenvalue weighted by Gasteiger charge is -2.22. The molecule has 1 aliphatic rings. The zero-order valence-corrected chi connectivity index (χ0v) is 16.6. The molecule has 1 saturated heterocycles. The molecular weight excluding hydrogens is 370 g/mol. The van der Waals surface area contributed by atoms with Gasteiger partial charge in [0.05, 0.1) is 6.61 Å². The van der Waals surface area contributed by atoms with Crippen LogP contribution in [0, 0.1) is 0 Å². The summed E-state index contributed by atoms with van der Waals surface area (Å²) in [5.41, 5.74) is 3.58. The Hall–Kier alpha value is -2.33. The lowest BCUT2D eigenvalue weighted by molar-refractivity contribution is 0.153. The Morgan fingerprint density at radius 1 is 0.857 bits per heavy atom. The van der Waals surface area contributed by atoms with Crippen molar-refractivity contribution in [3.63, 3.8) is 0 Å². The summed E-state index contributed by atoms with van der Waals surface area (Å²) in [5, 5.41) is 9.47. The summed E-state index contributed by atoms with van der Waals surface area (Å²) in [4.78, 5) is 2.36. The lowest BCUT2D eigenvalue weighted by Crippen LogP contribution is -2.31. The van der Waals surface area contributed by atoms with E-state index in [1.165, 1.54) is 17.5 Å². The summed E-state index contributed by atoms with van der Waals surface area (Å²) in [7, 11) is 0. The van der Waals surface area contributed by atoms with Crippen molar-refractivity contribution in [2.75, 3.05) is 13.2 Å². The van der Waals surface area contributed by atoms with Gasteiger partial charge in [0.2, 0.25) is 0 Å². The Morgan fingerprint density at radius 3 is 2.36 bits per heavy atom. The minimum absolute atomic E-state index is 0. The Kier molecular flexibility index (Phi) is 7.10. The van der Waals surface area contributed by atoms with Gasteiger partial charge >= 0.3 is 0 Å². The number of rotatable bonds is 6. The molecule has 0 amide bonds. The van der Waals surface area contributed by atoms with Crippen molar-refractivity contribution in [1.82, 2.24) is 4.90 Å². The third-order valence-electron chi connectivity index (χ3n) is 5.20. The van der Waals surface area contributed by atoms with Gasteiger partial charge in [0.1, 0.15) is 11.5 Å². The molecule has 3 aromatic rings. The summed E-state index contributed by atoms with van der Waals surface area (Å²) in [6, 6.07) is 27.1. The van der Waals surface area contributed by atoms with E-state index in [0.29, 0.717) is 6.04 Å². The molecule has 1 atom stereocenters. The monoisotopic (exact) mass is 395 g/mol. The van der Waals surface area contributed by atoms with Crippen LogP contribution in [0.1, 0.15) is 18.4 Å². The molecule has 146 valence electrons. The summed E-state index contributed by atoms with van der Waals surface area (Å²) in [6.07, 6.45) is 2.26. The second kappa shape index (κ2) is 9.74. The van der Waals surface area contributed by atoms with Gasteiger partial charge in [0.15, 0.2) is 0 Å². The number of ether oxygens (including phenoxy) is 1. The maximum Gasteiger partial charge on any atom is 0.128 e. The quantitative estimate of drug-likeness (QED) is 0.596. The predicted molar refractivity (Wildman–Crippen MR) is 116 cm³/mol. The molecule has 1 fully saturated rings. The number of hydrogen-bond acceptors (Lipinski definition) is 3. The molecule has 0 bridgehead atoms. The normalized spacial score (nSPS) is 16.5. The van der Waals surface area contributed by atoms with E-state index in [4.69, 9.17) is 4.74 Å². The first-order chi connectivity index (χ1) is 13.3. The third kappa shape index (κ3) is 4.93. The van der Waals surface area contributed by atoms with Crippen LogP contribution in [-0.4, -0.2) is 29.2 Å². The van der Waals surface area contributed by atoms with Crippen LogP contribution in [0.15, 0.2) is 78.9 Å². The predicted octanol–water partition coefficient (Wildman–Crippen LogP) is 5.52. The Balaban J connectivity index is 0.00000225. The zero-order chi connectivity index (χ0) is 18.5. The number of aliphatic hydroxyl groups excluding tert-OH is 1. The molecule has 1 heterocycles. The molecule has 3 nitrogen and oxygen atoms in total. The van der Waals surface area contributed by atoms with Crippen LogP contribution < -0.4 is 4.74 Å². The molecule has 0 aliphatic carbocycles. The molecule has 1 aliphatic heterocycles. The van der Waals surface area contributed by atoms with Gasteiger partial charge in [-0.15, -0.1) is 12.4 Å². The van der Waals surface area contributed by atoms with Crippen LogP contribution in [0.3, 0.4) is 0 Å². The van der Waals surface area contributed by atoms with Gasteiger partial charge in [-0.1, -0.05) is 54.6 Å². The van der Waals surface area contributed by atoms with Crippen LogP contribution in [-0.2, 0) is 6.54 Å². The zero-order valence-electron chi connectivity index (χ0n) is 15.8. The SMILES string of the molecule is Cl.OC[C@H]1CCCN1Cc1ccc(Oc2cccc(-c3ccccc3)c2)cc1. The van der Waals surface area contributed by atoms with Crippen LogP contribution in [0.5, 0.6) is 11.5 Å². The van der Waals surface area contributed by atoms with Crippen molar-refractivity contribution in [2.45, 2.75) is 25.4 Å². The van der Waals surface area contributed by atoms with Gasteiger partial charge in [0, 0.05) is 12.6 Å². The van der Waals surface area contributed by atoms with Crippen LogP contribution >= 0.6 is 12.4 Å². The van der Waals surface area contributed by atoms with Gasteiger partial charge < -0.3 is 9.84 Å². The summed E-state index contributed by atoms with van der Waals surface area (Å²) in [6.45, 7) is 2.20. The average molecular weight is 396 g/mol. The van der Waals surface area contributed by atoms with Crippen molar-refractivity contribution in [1.29, 1.82) is 0 Å². The van der Waals surface area contributed by atoms with E-state index in [0.717, 1.165) is 36.6 Å². The number of likely N-dealkylation sites (tertiary alicyclic amines) is 1. The van der Waals surface area contributed by atoms with Gasteiger partial charge in [-0.25, -0.2) is 0 Å². The Labute approximate surface area is 173 Å². The van der Waals surface area contributed by atoms with Gasteiger partial charge in [-0.3, -0.25) is 4.90 Å². The Morgan fingerprint density at radius 2 is 1.61 bits per heavy atom. The minimum Gasteiger partial charge on any atom is -0.457 e. The maximum absolute atomic E-state index is 9.47. The van der Waals surface area contributed by atoms with Crippen molar-refractivity contribution in [3.8, 4) is 22.6 Å². The number of aliphatic hydroxyl groups is 1. The first-order valence-corrected chi connectivity index (χ1v) is 9.59. The van der Waals surface area contributed by atoms with E-state index in [2.05, 4.69) is 41.3 Å². The highest BCUT2D eigenvalue weighted by atomic mass is 35.5. The molecule has 4 rings (SSSR count). The molecule has 4 heteroatoms. The van der Waals surface area contributed by atoms with Crippen molar-refractivity contribution >= 4 is 12.4 Å². The van der Waals surface area contributed by atoms with E-state index in [1.807, 2.05) is 42.5 Å². The fraction of sp³-hybridized carbons (Fsp3) is 0.250. The second-order valence-corrected chi connectivity index (χ2v) is 7.09. The van der Waals surface area contributed by atoms with E-state index in [1.54, 1.807) is 0 Å². The molecular formula is C24H26ClNO2. The van der Waals surface area contributed by atoms with Gasteiger partial charge in [-0.05, 0) is 60.3 Å². The molecule has 0 spiro atoms. The summed E-state index contributed by atoms with van der Waals surface area (Å²) < 4.78 is 6.05. The van der Waals surface area contributed by atoms with Gasteiger partial charge in [-0.2, -0.15) is 0 Å². The molecule has 0 aromatic heterocycles. The minimum atomic E-state index is 0. The summed E-state index contributed by atoms with van der Waals surface area (Å²) >= 11 is 0. The fourth-order valence-electron chi connectivity index (χ4n) is 3.71. The molecule has 0 saturated carbocycles. The summed E-state index contributed by atoms with van der Waals surface area (Å²) in [5.74, 6) is 1.67. The van der Waals surface area contributed by atoms with Crippen molar-refractivity contribution in [3.05, 3.63) is 84.4 Å². The van der Waals surface area contributed by atoms with Crippen LogP contribution in [0.4, 0.5) is 0 Å². The highest BCUT2D eigenvalue weighted by molar-refractivity contribution is 5.85. The highest BCUT2D eigenvalue weighted by Gasteiger charge is 2.23. The van der Waals surface area contributed by atoms with Crippen molar-refractivity contribution < 1.29 is 9.84 Å². The maximum atomic E-state index is 9.47. The molecule has 1 N–H and O–H groups in total. The lowest BCUT2D eigenvalue weighted by atomic mass is 10.1. The average Bonchev–Trinajstić information content (AvgIpc) is 3.17. The number of hydrogen-bond donors (Lipinski definition) is 1. The first-order valence-electron chi connectivity index (χ1n) is 9.59. The highest BCUT2D eigenvalue weighted by Crippen LogP contribution is 2.28. The second-order valence-electron chi connectivity index (χ2n) is 7.09. The molecule has 28 heavy (non-hydrogen) atoms. The largest absolute Gasteiger partial charge is 0.457 e. The molecule has 0 radical (unpaired) electrons.